The van der Waals surface area contributed by atoms with Crippen molar-refractivity contribution in [3.05, 3.63) is 65.0 Å². The molecule has 0 bridgehead atoms. The number of amides is 1. The highest BCUT2D eigenvalue weighted by molar-refractivity contribution is 6.00. The first kappa shape index (κ1) is 17.7. The Labute approximate surface area is 157 Å². The van der Waals surface area contributed by atoms with Crippen molar-refractivity contribution in [3.63, 3.8) is 0 Å². The van der Waals surface area contributed by atoms with Gasteiger partial charge in [0.05, 0.1) is 12.0 Å². The van der Waals surface area contributed by atoms with E-state index in [4.69, 9.17) is 4.74 Å². The Bertz CT molecular complexity index is 890. The smallest absolute Gasteiger partial charge is 0.253 e. The van der Waals surface area contributed by atoms with Crippen LogP contribution in [0.3, 0.4) is 0 Å². The molecule has 4 rings (SSSR count). The predicted octanol–water partition coefficient (Wildman–Crippen LogP) is 4.16. The minimum atomic E-state index is -0.557. The standard InChI is InChI=1S/C22H22FNO3/c1-15-11-16(13-17(23)12-15)21(26)24-9-4-7-22(8-10-24)14-19(25)18-5-2-3-6-20(18)27-22/h2-3,5-6,11-13H,4,7-10,14H2,1H3. The van der Waals surface area contributed by atoms with Crippen LogP contribution >= 0.6 is 0 Å². The number of likely N-dealkylation sites (tertiary alicyclic amines) is 1. The van der Waals surface area contributed by atoms with Crippen molar-refractivity contribution in [2.24, 2.45) is 0 Å². The molecular weight excluding hydrogens is 345 g/mol. The minimum absolute atomic E-state index is 0.0948. The average molecular weight is 367 g/mol. The SMILES string of the molecule is Cc1cc(F)cc(C(=O)N2CCCC3(CC2)CC(=O)c2ccccc2O3)c1. The quantitative estimate of drug-likeness (QED) is 0.760. The highest BCUT2D eigenvalue weighted by Gasteiger charge is 2.42. The number of hydrogen-bond donors (Lipinski definition) is 0. The van der Waals surface area contributed by atoms with Crippen LogP contribution in [0, 0.1) is 12.7 Å². The molecule has 4 nitrogen and oxygen atoms in total. The van der Waals surface area contributed by atoms with Gasteiger partial charge in [-0.05, 0) is 55.7 Å². The molecule has 2 aromatic rings. The van der Waals surface area contributed by atoms with Gasteiger partial charge in [0.2, 0.25) is 0 Å². The van der Waals surface area contributed by atoms with E-state index >= 15 is 0 Å². The average Bonchev–Trinajstić information content (AvgIpc) is 2.83. The Balaban J connectivity index is 1.53. The molecule has 2 aliphatic rings. The minimum Gasteiger partial charge on any atom is -0.486 e. The number of rotatable bonds is 1. The van der Waals surface area contributed by atoms with Crippen LogP contribution in [-0.4, -0.2) is 35.3 Å². The summed E-state index contributed by atoms with van der Waals surface area (Å²) in [6.45, 7) is 2.84. The molecule has 0 N–H and O–H groups in total. The third-order valence-electron chi connectivity index (χ3n) is 5.47. The lowest BCUT2D eigenvalue weighted by Gasteiger charge is -2.37. The summed E-state index contributed by atoms with van der Waals surface area (Å²) in [5.41, 5.74) is 1.17. The van der Waals surface area contributed by atoms with Crippen LogP contribution in [0.25, 0.3) is 0 Å². The van der Waals surface area contributed by atoms with Crippen molar-refractivity contribution in [2.45, 2.75) is 38.2 Å². The fourth-order valence-corrected chi connectivity index (χ4v) is 4.14. The zero-order valence-corrected chi connectivity index (χ0v) is 15.3. The Kier molecular flexibility index (Phi) is 4.46. The van der Waals surface area contributed by atoms with Gasteiger partial charge in [0.1, 0.15) is 17.2 Å². The van der Waals surface area contributed by atoms with Gasteiger partial charge in [0.15, 0.2) is 5.78 Å². The van der Waals surface area contributed by atoms with E-state index in [1.807, 2.05) is 18.2 Å². The maximum atomic E-state index is 13.7. The summed E-state index contributed by atoms with van der Waals surface area (Å²) in [5.74, 6) is 0.159. The summed E-state index contributed by atoms with van der Waals surface area (Å²) in [6, 6.07) is 11.7. The number of fused-ring (bicyclic) bond motifs is 1. The molecule has 2 heterocycles. The first-order chi connectivity index (χ1) is 13.0. The maximum absolute atomic E-state index is 13.7. The van der Waals surface area contributed by atoms with Crippen molar-refractivity contribution in [2.75, 3.05) is 13.1 Å². The number of hydrogen-bond acceptors (Lipinski definition) is 3. The highest BCUT2D eigenvalue weighted by Crippen LogP contribution is 2.39. The van der Waals surface area contributed by atoms with E-state index in [0.717, 1.165) is 18.4 Å². The van der Waals surface area contributed by atoms with E-state index in [2.05, 4.69) is 0 Å². The van der Waals surface area contributed by atoms with E-state index in [9.17, 15) is 14.0 Å². The first-order valence-electron chi connectivity index (χ1n) is 9.34. The lowest BCUT2D eigenvalue weighted by Crippen LogP contribution is -2.43. The Hall–Kier alpha value is -2.69. The summed E-state index contributed by atoms with van der Waals surface area (Å²) in [4.78, 5) is 27.2. The molecule has 5 heteroatoms. The third-order valence-corrected chi connectivity index (χ3v) is 5.47. The number of carbonyl (C=O) groups is 2. The van der Waals surface area contributed by atoms with Crippen LogP contribution < -0.4 is 4.74 Å². The van der Waals surface area contributed by atoms with Crippen LogP contribution in [0.15, 0.2) is 42.5 Å². The summed E-state index contributed by atoms with van der Waals surface area (Å²) >= 11 is 0. The largest absolute Gasteiger partial charge is 0.486 e. The molecule has 1 fully saturated rings. The number of ether oxygens (including phenoxy) is 1. The van der Waals surface area contributed by atoms with Crippen LogP contribution in [0.5, 0.6) is 5.75 Å². The molecule has 0 radical (unpaired) electrons. The fourth-order valence-electron chi connectivity index (χ4n) is 4.14. The van der Waals surface area contributed by atoms with Crippen molar-refractivity contribution in [1.29, 1.82) is 0 Å². The van der Waals surface area contributed by atoms with Crippen LogP contribution in [0.4, 0.5) is 4.39 Å². The lowest BCUT2D eigenvalue weighted by molar-refractivity contribution is 0.0300. The molecule has 140 valence electrons. The van der Waals surface area contributed by atoms with E-state index < -0.39 is 11.4 Å². The summed E-state index contributed by atoms with van der Waals surface area (Å²) in [6.07, 6.45) is 2.40. The van der Waals surface area contributed by atoms with Gasteiger partial charge >= 0.3 is 0 Å². The van der Waals surface area contributed by atoms with Crippen molar-refractivity contribution in [1.82, 2.24) is 4.90 Å². The second-order valence-electron chi connectivity index (χ2n) is 7.54. The number of Topliss-reactive ketones (excluding diaryl/α,β-unsaturated/α-hetero) is 1. The third kappa shape index (κ3) is 3.46. The highest BCUT2D eigenvalue weighted by atomic mass is 19.1. The van der Waals surface area contributed by atoms with E-state index in [1.165, 1.54) is 12.1 Å². The second kappa shape index (κ2) is 6.80. The number of nitrogens with zero attached hydrogens (tertiary/aromatic N) is 1. The molecule has 2 aliphatic heterocycles. The molecule has 1 amide bonds. The zero-order valence-electron chi connectivity index (χ0n) is 15.3. The van der Waals surface area contributed by atoms with Gasteiger partial charge in [-0.3, -0.25) is 9.59 Å². The number of ketones is 1. The van der Waals surface area contributed by atoms with Gasteiger partial charge in [-0.25, -0.2) is 4.39 Å². The molecule has 1 saturated heterocycles. The van der Waals surface area contributed by atoms with Crippen LogP contribution in [0.1, 0.15) is 52.0 Å². The Morgan fingerprint density at radius 1 is 1.15 bits per heavy atom. The lowest BCUT2D eigenvalue weighted by atomic mass is 9.84. The van der Waals surface area contributed by atoms with Gasteiger partial charge < -0.3 is 9.64 Å². The Morgan fingerprint density at radius 2 is 1.96 bits per heavy atom. The number of benzene rings is 2. The number of halogens is 1. The molecular formula is C22H22FNO3. The topological polar surface area (TPSA) is 46.6 Å². The maximum Gasteiger partial charge on any atom is 0.253 e. The van der Waals surface area contributed by atoms with Gasteiger partial charge in [0.25, 0.3) is 5.91 Å². The molecule has 27 heavy (non-hydrogen) atoms. The van der Waals surface area contributed by atoms with Crippen molar-refractivity contribution in [3.8, 4) is 5.75 Å². The number of aryl methyl sites for hydroxylation is 1. The monoisotopic (exact) mass is 367 g/mol. The molecule has 0 saturated carbocycles. The normalized spacial score (nSPS) is 22.1. The molecule has 1 atom stereocenters. The van der Waals surface area contributed by atoms with Gasteiger partial charge in [-0.1, -0.05) is 12.1 Å². The van der Waals surface area contributed by atoms with Crippen LogP contribution in [-0.2, 0) is 0 Å². The Morgan fingerprint density at radius 3 is 2.78 bits per heavy atom. The van der Waals surface area contributed by atoms with Crippen molar-refractivity contribution < 1.29 is 18.7 Å². The summed E-state index contributed by atoms with van der Waals surface area (Å²) in [5, 5.41) is 0. The van der Waals surface area contributed by atoms with Gasteiger partial charge in [-0.15, -0.1) is 0 Å². The number of carbonyl (C=O) groups excluding carboxylic acids is 2. The summed E-state index contributed by atoms with van der Waals surface area (Å²) < 4.78 is 19.9. The van der Waals surface area contributed by atoms with Gasteiger partial charge in [-0.2, -0.15) is 0 Å². The van der Waals surface area contributed by atoms with E-state index in [-0.39, 0.29) is 11.7 Å². The molecule has 2 aromatic carbocycles. The van der Waals surface area contributed by atoms with Crippen molar-refractivity contribution >= 4 is 11.7 Å². The number of para-hydroxylation sites is 1. The summed E-state index contributed by atoms with van der Waals surface area (Å²) in [7, 11) is 0. The predicted molar refractivity (Wildman–Crippen MR) is 99.6 cm³/mol. The fraction of sp³-hybridized carbons (Fsp3) is 0.364. The second-order valence-corrected chi connectivity index (χ2v) is 7.54. The van der Waals surface area contributed by atoms with Gasteiger partial charge in [0, 0.05) is 25.1 Å². The molecule has 1 unspecified atom stereocenters. The first-order valence-corrected chi connectivity index (χ1v) is 9.34. The van der Waals surface area contributed by atoms with E-state index in [1.54, 1.807) is 24.0 Å². The van der Waals surface area contributed by atoms with E-state index in [0.29, 0.717) is 42.8 Å². The molecule has 0 aliphatic carbocycles. The zero-order chi connectivity index (χ0) is 19.0. The molecule has 1 spiro atoms. The molecule has 0 aromatic heterocycles. The van der Waals surface area contributed by atoms with Crippen LogP contribution in [0.2, 0.25) is 0 Å².